The summed E-state index contributed by atoms with van der Waals surface area (Å²) in [5.41, 5.74) is 1.30. The lowest BCUT2D eigenvalue weighted by Crippen LogP contribution is -2.03. The Kier molecular flexibility index (Phi) is 4.90. The molecule has 0 spiro atoms. The summed E-state index contributed by atoms with van der Waals surface area (Å²) in [4.78, 5) is 0. The summed E-state index contributed by atoms with van der Waals surface area (Å²) in [5, 5.41) is 11.0. The van der Waals surface area contributed by atoms with Gasteiger partial charge in [-0.15, -0.1) is 0 Å². The topological polar surface area (TPSA) is 29.5 Å². The van der Waals surface area contributed by atoms with Crippen molar-refractivity contribution in [1.82, 2.24) is 0 Å². The highest BCUT2D eigenvalue weighted by Gasteiger charge is 2.19. The first kappa shape index (κ1) is 14.9. The van der Waals surface area contributed by atoms with E-state index in [0.717, 1.165) is 8.95 Å². The summed E-state index contributed by atoms with van der Waals surface area (Å²) in [6.45, 7) is 0. The summed E-state index contributed by atoms with van der Waals surface area (Å²) >= 11 is 13.0. The minimum Gasteiger partial charge on any atom is -0.496 e. The molecule has 100 valence electrons. The first-order valence-electron chi connectivity index (χ1n) is 5.50. The van der Waals surface area contributed by atoms with Crippen molar-refractivity contribution in [3.63, 3.8) is 0 Å². The van der Waals surface area contributed by atoms with Crippen LogP contribution in [0.1, 0.15) is 17.2 Å². The Morgan fingerprint density at radius 2 is 1.89 bits per heavy atom. The fraction of sp³-hybridized carbons (Fsp3) is 0.143. The molecule has 0 aliphatic heterocycles. The first-order valence-corrected chi connectivity index (χ1v) is 7.46. The van der Waals surface area contributed by atoms with Gasteiger partial charge in [-0.1, -0.05) is 39.7 Å². The summed E-state index contributed by atoms with van der Waals surface area (Å²) in [5.74, 6) is 0.617. The van der Waals surface area contributed by atoms with E-state index in [-0.39, 0.29) is 0 Å². The van der Waals surface area contributed by atoms with Gasteiger partial charge in [-0.25, -0.2) is 0 Å². The lowest BCUT2D eigenvalue weighted by atomic mass is 10.0. The van der Waals surface area contributed by atoms with Crippen molar-refractivity contribution in [3.05, 3.63) is 61.5 Å². The molecule has 2 rings (SSSR count). The molecule has 2 aromatic rings. The SMILES string of the molecule is COc1ccc(Br)cc1C(O)c1cccc(Br)c1Cl. The Bertz CT molecular complexity index is 602. The zero-order valence-corrected chi connectivity index (χ0v) is 14.0. The highest BCUT2D eigenvalue weighted by Crippen LogP contribution is 2.37. The largest absolute Gasteiger partial charge is 0.496 e. The van der Waals surface area contributed by atoms with Crippen molar-refractivity contribution in [2.45, 2.75) is 6.10 Å². The molecule has 1 N–H and O–H groups in total. The van der Waals surface area contributed by atoms with Gasteiger partial charge in [-0.3, -0.25) is 0 Å². The number of aliphatic hydroxyl groups excluding tert-OH is 1. The van der Waals surface area contributed by atoms with Crippen LogP contribution in [0.3, 0.4) is 0 Å². The minimum atomic E-state index is -0.850. The Balaban J connectivity index is 2.52. The molecule has 1 atom stereocenters. The van der Waals surface area contributed by atoms with Crippen LogP contribution in [0, 0.1) is 0 Å². The van der Waals surface area contributed by atoms with E-state index in [2.05, 4.69) is 31.9 Å². The molecular weight excluding hydrogens is 395 g/mol. The van der Waals surface area contributed by atoms with E-state index in [4.69, 9.17) is 16.3 Å². The summed E-state index contributed by atoms with van der Waals surface area (Å²) in [6, 6.07) is 10.9. The quantitative estimate of drug-likeness (QED) is 0.781. The Labute approximate surface area is 133 Å². The van der Waals surface area contributed by atoms with Gasteiger partial charge in [-0.2, -0.15) is 0 Å². The molecule has 0 aliphatic rings. The van der Waals surface area contributed by atoms with E-state index in [1.165, 1.54) is 0 Å². The molecule has 0 saturated carbocycles. The van der Waals surface area contributed by atoms with Gasteiger partial charge in [0.05, 0.1) is 12.1 Å². The highest BCUT2D eigenvalue weighted by atomic mass is 79.9. The van der Waals surface area contributed by atoms with Crippen molar-refractivity contribution in [1.29, 1.82) is 0 Å². The average molecular weight is 407 g/mol. The molecule has 2 nitrogen and oxygen atoms in total. The van der Waals surface area contributed by atoms with Crippen molar-refractivity contribution >= 4 is 43.5 Å². The number of hydrogen-bond donors (Lipinski definition) is 1. The maximum atomic E-state index is 10.5. The second kappa shape index (κ2) is 6.27. The first-order chi connectivity index (χ1) is 9.04. The van der Waals surface area contributed by atoms with E-state index in [1.807, 2.05) is 24.3 Å². The minimum absolute atomic E-state index is 0.497. The van der Waals surface area contributed by atoms with Crippen LogP contribution in [0.2, 0.25) is 5.02 Å². The van der Waals surface area contributed by atoms with Crippen LogP contribution >= 0.6 is 43.5 Å². The van der Waals surface area contributed by atoms with Crippen LogP contribution < -0.4 is 4.74 Å². The van der Waals surface area contributed by atoms with E-state index < -0.39 is 6.10 Å². The molecule has 1 unspecified atom stereocenters. The predicted molar refractivity (Wildman–Crippen MR) is 83.9 cm³/mol. The van der Waals surface area contributed by atoms with E-state index >= 15 is 0 Å². The third-order valence-electron chi connectivity index (χ3n) is 2.76. The zero-order chi connectivity index (χ0) is 14.0. The molecule has 0 heterocycles. The van der Waals surface area contributed by atoms with Gasteiger partial charge in [0.1, 0.15) is 11.9 Å². The predicted octanol–water partition coefficient (Wildman–Crippen LogP) is 4.96. The molecule has 0 aliphatic carbocycles. The van der Waals surface area contributed by atoms with Crippen molar-refractivity contribution < 1.29 is 9.84 Å². The molecule has 0 saturated heterocycles. The van der Waals surface area contributed by atoms with Gasteiger partial charge in [-0.05, 0) is 40.2 Å². The van der Waals surface area contributed by atoms with Gasteiger partial charge in [0.25, 0.3) is 0 Å². The Morgan fingerprint density at radius 1 is 1.16 bits per heavy atom. The van der Waals surface area contributed by atoms with Gasteiger partial charge in [0, 0.05) is 20.1 Å². The molecule has 0 fully saturated rings. The van der Waals surface area contributed by atoms with E-state index in [1.54, 1.807) is 19.2 Å². The second-order valence-corrected chi connectivity index (χ2v) is 6.08. The van der Waals surface area contributed by atoms with E-state index in [0.29, 0.717) is 21.9 Å². The Morgan fingerprint density at radius 3 is 2.58 bits per heavy atom. The van der Waals surface area contributed by atoms with Crippen molar-refractivity contribution in [2.75, 3.05) is 7.11 Å². The van der Waals surface area contributed by atoms with Crippen LogP contribution in [0.4, 0.5) is 0 Å². The maximum absolute atomic E-state index is 10.5. The second-order valence-electron chi connectivity index (χ2n) is 3.93. The number of aliphatic hydroxyl groups is 1. The molecule has 0 aromatic heterocycles. The number of benzene rings is 2. The number of rotatable bonds is 3. The summed E-state index contributed by atoms with van der Waals surface area (Å²) < 4.78 is 6.90. The van der Waals surface area contributed by atoms with Crippen molar-refractivity contribution in [3.8, 4) is 5.75 Å². The normalized spacial score (nSPS) is 12.3. The van der Waals surface area contributed by atoms with Crippen LogP contribution in [-0.2, 0) is 0 Å². The van der Waals surface area contributed by atoms with Crippen LogP contribution in [0.15, 0.2) is 45.3 Å². The molecular formula is C14H11Br2ClO2. The smallest absolute Gasteiger partial charge is 0.125 e. The van der Waals surface area contributed by atoms with E-state index in [9.17, 15) is 5.11 Å². The fourth-order valence-electron chi connectivity index (χ4n) is 1.82. The van der Waals surface area contributed by atoms with Crippen LogP contribution in [-0.4, -0.2) is 12.2 Å². The monoisotopic (exact) mass is 404 g/mol. The number of halogens is 3. The van der Waals surface area contributed by atoms with Gasteiger partial charge in [0.2, 0.25) is 0 Å². The maximum Gasteiger partial charge on any atom is 0.125 e. The van der Waals surface area contributed by atoms with Crippen LogP contribution in [0.5, 0.6) is 5.75 Å². The molecule has 19 heavy (non-hydrogen) atoms. The average Bonchev–Trinajstić information content (AvgIpc) is 2.41. The highest BCUT2D eigenvalue weighted by molar-refractivity contribution is 9.10. The molecule has 5 heteroatoms. The zero-order valence-electron chi connectivity index (χ0n) is 10.0. The number of ether oxygens (including phenoxy) is 1. The van der Waals surface area contributed by atoms with Gasteiger partial charge >= 0.3 is 0 Å². The Hall–Kier alpha value is -0.550. The summed E-state index contributed by atoms with van der Waals surface area (Å²) in [6.07, 6.45) is -0.850. The van der Waals surface area contributed by atoms with Crippen molar-refractivity contribution in [2.24, 2.45) is 0 Å². The summed E-state index contributed by atoms with van der Waals surface area (Å²) in [7, 11) is 1.57. The number of methoxy groups -OCH3 is 1. The van der Waals surface area contributed by atoms with Gasteiger partial charge < -0.3 is 9.84 Å². The van der Waals surface area contributed by atoms with Gasteiger partial charge in [0.15, 0.2) is 0 Å². The standard InChI is InChI=1S/C14H11Br2ClO2/c1-19-12-6-5-8(15)7-10(12)14(18)9-3-2-4-11(16)13(9)17/h2-7,14,18H,1H3. The molecule has 2 aromatic carbocycles. The third-order valence-corrected chi connectivity index (χ3v) is 4.57. The lowest BCUT2D eigenvalue weighted by molar-refractivity contribution is 0.214. The third kappa shape index (κ3) is 3.14. The lowest BCUT2D eigenvalue weighted by Gasteiger charge is -2.17. The molecule has 0 bridgehead atoms. The fourth-order valence-corrected chi connectivity index (χ4v) is 2.81. The number of hydrogen-bond acceptors (Lipinski definition) is 2. The van der Waals surface area contributed by atoms with Crippen LogP contribution in [0.25, 0.3) is 0 Å². The molecule has 0 amide bonds. The molecule has 0 radical (unpaired) electrons.